The van der Waals surface area contributed by atoms with Crippen LogP contribution in [0.25, 0.3) is 0 Å². The number of benzene rings is 1. The van der Waals surface area contributed by atoms with Gasteiger partial charge in [0.15, 0.2) is 0 Å². The van der Waals surface area contributed by atoms with Gasteiger partial charge in [0.1, 0.15) is 25.0 Å². The second kappa shape index (κ2) is 7.90. The molecule has 0 amide bonds. The Morgan fingerprint density at radius 3 is 2.78 bits per heavy atom. The SMILES string of the molecule is C=CCc1ccccc1OC[C@@H](O)C[NH2+]C(C)C. The fraction of sp³-hybridized carbons (Fsp3) is 0.467. The van der Waals surface area contributed by atoms with E-state index in [0.717, 1.165) is 17.7 Å². The molecule has 3 N–H and O–H groups in total. The van der Waals surface area contributed by atoms with Crippen LogP contribution in [0, 0.1) is 0 Å². The maximum atomic E-state index is 9.80. The van der Waals surface area contributed by atoms with Crippen molar-refractivity contribution in [1.29, 1.82) is 0 Å². The van der Waals surface area contributed by atoms with Gasteiger partial charge in [-0.2, -0.15) is 0 Å². The van der Waals surface area contributed by atoms with Crippen molar-refractivity contribution in [2.45, 2.75) is 32.4 Å². The lowest BCUT2D eigenvalue weighted by Gasteiger charge is -2.14. The van der Waals surface area contributed by atoms with Crippen molar-refractivity contribution < 1.29 is 15.2 Å². The molecule has 1 aromatic rings. The van der Waals surface area contributed by atoms with E-state index in [1.165, 1.54) is 0 Å². The Balaban J connectivity index is 2.44. The van der Waals surface area contributed by atoms with Gasteiger partial charge in [-0.1, -0.05) is 24.3 Å². The van der Waals surface area contributed by atoms with Crippen molar-refractivity contribution in [2.24, 2.45) is 0 Å². The molecule has 0 radical (unpaired) electrons. The number of hydrogen-bond donors (Lipinski definition) is 2. The molecule has 3 heteroatoms. The van der Waals surface area contributed by atoms with E-state index < -0.39 is 6.10 Å². The highest BCUT2D eigenvalue weighted by Crippen LogP contribution is 2.18. The Morgan fingerprint density at radius 2 is 2.11 bits per heavy atom. The molecular weight excluding hydrogens is 226 g/mol. The Bertz CT molecular complexity index is 363. The van der Waals surface area contributed by atoms with Gasteiger partial charge in [0.2, 0.25) is 0 Å². The topological polar surface area (TPSA) is 46.1 Å². The fourth-order valence-electron chi connectivity index (χ4n) is 1.65. The summed E-state index contributed by atoms with van der Waals surface area (Å²) in [6, 6.07) is 8.36. The monoisotopic (exact) mass is 250 g/mol. The van der Waals surface area contributed by atoms with E-state index >= 15 is 0 Å². The number of para-hydroxylation sites is 1. The number of nitrogens with two attached hydrogens (primary N) is 1. The standard InChI is InChI=1S/C15H23NO2/c1-4-7-13-8-5-6-9-15(13)18-11-14(17)10-16-12(2)3/h4-6,8-9,12,14,16-17H,1,7,10-11H2,2-3H3/p+1/t14-/m0/s1. The summed E-state index contributed by atoms with van der Waals surface area (Å²) < 4.78 is 5.67. The van der Waals surface area contributed by atoms with Crippen LogP contribution in [0.3, 0.4) is 0 Å². The summed E-state index contributed by atoms with van der Waals surface area (Å²) in [6.07, 6.45) is 2.19. The van der Waals surface area contributed by atoms with E-state index in [0.29, 0.717) is 19.2 Å². The Labute approximate surface area is 109 Å². The van der Waals surface area contributed by atoms with Crippen LogP contribution in [0.2, 0.25) is 0 Å². The number of allylic oxidation sites excluding steroid dienone is 1. The van der Waals surface area contributed by atoms with Gasteiger partial charge in [-0.05, 0) is 31.9 Å². The summed E-state index contributed by atoms with van der Waals surface area (Å²) >= 11 is 0. The predicted octanol–water partition coefficient (Wildman–Crippen LogP) is 1.13. The number of aliphatic hydroxyl groups excluding tert-OH is 1. The van der Waals surface area contributed by atoms with Crippen LogP contribution in [0.1, 0.15) is 19.4 Å². The van der Waals surface area contributed by atoms with Crippen molar-refractivity contribution in [3.8, 4) is 5.75 Å². The molecule has 0 saturated carbocycles. The molecule has 0 fully saturated rings. The first kappa shape index (κ1) is 14.7. The number of hydrogen-bond acceptors (Lipinski definition) is 2. The first-order chi connectivity index (χ1) is 8.63. The summed E-state index contributed by atoms with van der Waals surface area (Å²) in [5.41, 5.74) is 1.10. The number of ether oxygens (including phenoxy) is 1. The number of aliphatic hydroxyl groups is 1. The van der Waals surface area contributed by atoms with Crippen molar-refractivity contribution in [2.75, 3.05) is 13.2 Å². The molecule has 0 unspecified atom stereocenters. The summed E-state index contributed by atoms with van der Waals surface area (Å²) in [7, 11) is 0. The molecule has 1 atom stereocenters. The van der Waals surface area contributed by atoms with E-state index in [1.807, 2.05) is 30.3 Å². The van der Waals surface area contributed by atoms with Crippen LogP contribution in [0.5, 0.6) is 5.75 Å². The zero-order chi connectivity index (χ0) is 13.4. The molecule has 18 heavy (non-hydrogen) atoms. The lowest BCUT2D eigenvalue weighted by Crippen LogP contribution is -2.90. The smallest absolute Gasteiger partial charge is 0.137 e. The number of rotatable bonds is 8. The highest BCUT2D eigenvalue weighted by Gasteiger charge is 2.10. The molecule has 1 rings (SSSR count). The van der Waals surface area contributed by atoms with Gasteiger partial charge < -0.3 is 15.2 Å². The summed E-state index contributed by atoms with van der Waals surface area (Å²) in [5.74, 6) is 0.834. The van der Waals surface area contributed by atoms with Gasteiger partial charge in [0, 0.05) is 0 Å². The molecule has 100 valence electrons. The quantitative estimate of drug-likeness (QED) is 0.679. The molecule has 0 aliphatic heterocycles. The predicted molar refractivity (Wildman–Crippen MR) is 73.8 cm³/mol. The van der Waals surface area contributed by atoms with Gasteiger partial charge in [-0.15, -0.1) is 6.58 Å². The molecule has 1 aromatic carbocycles. The molecule has 3 nitrogen and oxygen atoms in total. The third kappa shape index (κ3) is 5.34. The molecule has 0 heterocycles. The van der Waals surface area contributed by atoms with Gasteiger partial charge in [-0.3, -0.25) is 0 Å². The van der Waals surface area contributed by atoms with E-state index in [4.69, 9.17) is 4.74 Å². The van der Waals surface area contributed by atoms with Gasteiger partial charge >= 0.3 is 0 Å². The molecule has 0 bridgehead atoms. The summed E-state index contributed by atoms with van der Waals surface area (Å²) in [5, 5.41) is 11.9. The first-order valence-electron chi connectivity index (χ1n) is 6.46. The average Bonchev–Trinajstić information content (AvgIpc) is 2.35. The van der Waals surface area contributed by atoms with E-state index in [2.05, 4.69) is 25.7 Å². The second-order valence-electron chi connectivity index (χ2n) is 4.78. The minimum Gasteiger partial charge on any atom is -0.490 e. The Hall–Kier alpha value is -1.32. The highest BCUT2D eigenvalue weighted by atomic mass is 16.5. The summed E-state index contributed by atoms with van der Waals surface area (Å²) in [6.45, 7) is 8.94. The van der Waals surface area contributed by atoms with Crippen molar-refractivity contribution in [3.05, 3.63) is 42.5 Å². The largest absolute Gasteiger partial charge is 0.490 e. The van der Waals surface area contributed by atoms with Crippen LogP contribution in [-0.4, -0.2) is 30.4 Å². The van der Waals surface area contributed by atoms with Crippen molar-refractivity contribution in [1.82, 2.24) is 0 Å². The zero-order valence-corrected chi connectivity index (χ0v) is 11.3. The third-order valence-corrected chi connectivity index (χ3v) is 2.65. The fourth-order valence-corrected chi connectivity index (χ4v) is 1.65. The molecular formula is C15H24NO2+. The number of quaternary nitrogens is 1. The second-order valence-corrected chi connectivity index (χ2v) is 4.78. The first-order valence-corrected chi connectivity index (χ1v) is 6.46. The van der Waals surface area contributed by atoms with E-state index in [-0.39, 0.29) is 0 Å². The van der Waals surface area contributed by atoms with Crippen molar-refractivity contribution >= 4 is 0 Å². The minimum atomic E-state index is -0.441. The maximum absolute atomic E-state index is 9.80. The molecule has 0 aliphatic rings. The normalized spacial score (nSPS) is 12.4. The minimum absolute atomic E-state index is 0.331. The maximum Gasteiger partial charge on any atom is 0.137 e. The van der Waals surface area contributed by atoms with Crippen LogP contribution in [0.15, 0.2) is 36.9 Å². The molecule has 0 spiro atoms. The molecule has 0 saturated heterocycles. The lowest BCUT2D eigenvalue weighted by atomic mass is 10.1. The zero-order valence-electron chi connectivity index (χ0n) is 11.3. The summed E-state index contributed by atoms with van der Waals surface area (Å²) in [4.78, 5) is 0. The van der Waals surface area contributed by atoms with Gasteiger partial charge in [0.05, 0.1) is 6.04 Å². The van der Waals surface area contributed by atoms with E-state index in [9.17, 15) is 5.11 Å². The van der Waals surface area contributed by atoms with Gasteiger partial charge in [0.25, 0.3) is 0 Å². The van der Waals surface area contributed by atoms with Crippen LogP contribution in [0.4, 0.5) is 0 Å². The third-order valence-electron chi connectivity index (χ3n) is 2.65. The highest BCUT2D eigenvalue weighted by molar-refractivity contribution is 5.34. The lowest BCUT2D eigenvalue weighted by molar-refractivity contribution is -0.688. The molecule has 0 aromatic heterocycles. The van der Waals surface area contributed by atoms with Gasteiger partial charge in [-0.25, -0.2) is 0 Å². The Morgan fingerprint density at radius 1 is 1.39 bits per heavy atom. The molecule has 0 aliphatic carbocycles. The average molecular weight is 250 g/mol. The van der Waals surface area contributed by atoms with Crippen LogP contribution >= 0.6 is 0 Å². The Kier molecular flexibility index (Phi) is 6.47. The van der Waals surface area contributed by atoms with Crippen LogP contribution in [-0.2, 0) is 6.42 Å². The van der Waals surface area contributed by atoms with Crippen LogP contribution < -0.4 is 10.1 Å². The van der Waals surface area contributed by atoms with E-state index in [1.54, 1.807) is 0 Å². The van der Waals surface area contributed by atoms with Crippen molar-refractivity contribution in [3.63, 3.8) is 0 Å².